The second kappa shape index (κ2) is 6.11. The molecule has 0 N–H and O–H groups in total. The van der Waals surface area contributed by atoms with Gasteiger partial charge < -0.3 is 9.47 Å². The third-order valence-electron chi connectivity index (χ3n) is 2.48. The predicted molar refractivity (Wildman–Crippen MR) is 70.5 cm³/mol. The zero-order valence-electron chi connectivity index (χ0n) is 9.37. The summed E-state index contributed by atoms with van der Waals surface area (Å²) in [6, 6.07) is 5.04. The molecular weight excluding hydrogens is 298 g/mol. The molecule has 1 heterocycles. The number of carbonyl (C=O) groups excluding carboxylic acids is 1. The average molecular weight is 310 g/mol. The lowest BCUT2D eigenvalue weighted by Crippen LogP contribution is -2.22. The maximum absolute atomic E-state index is 11.6. The van der Waals surface area contributed by atoms with Crippen LogP contribution in [0, 0.1) is 0 Å². The van der Waals surface area contributed by atoms with Crippen molar-refractivity contribution in [1.82, 2.24) is 0 Å². The SMILES string of the molecule is O=C(OCC1CO1)C(Cl)Cc1cc(Cl)ccc1Cl. The third kappa shape index (κ3) is 4.02. The van der Waals surface area contributed by atoms with Crippen LogP contribution in [-0.2, 0) is 20.7 Å². The first-order valence-corrected chi connectivity index (χ1v) is 6.61. The monoisotopic (exact) mass is 308 g/mol. The highest BCUT2D eigenvalue weighted by Gasteiger charge is 2.26. The van der Waals surface area contributed by atoms with Crippen molar-refractivity contribution in [2.75, 3.05) is 13.2 Å². The number of rotatable bonds is 5. The molecule has 98 valence electrons. The van der Waals surface area contributed by atoms with Crippen molar-refractivity contribution in [2.24, 2.45) is 0 Å². The smallest absolute Gasteiger partial charge is 0.324 e. The first-order valence-electron chi connectivity index (χ1n) is 5.42. The molecule has 0 saturated carbocycles. The summed E-state index contributed by atoms with van der Waals surface area (Å²) in [6.45, 7) is 0.895. The van der Waals surface area contributed by atoms with Gasteiger partial charge in [-0.05, 0) is 23.8 Å². The molecule has 0 bridgehead atoms. The fourth-order valence-electron chi connectivity index (χ4n) is 1.41. The second-order valence-corrected chi connectivity index (χ2v) is 5.36. The maximum atomic E-state index is 11.6. The Bertz CT molecular complexity index is 446. The number of halogens is 3. The van der Waals surface area contributed by atoms with Gasteiger partial charge in [-0.1, -0.05) is 23.2 Å². The van der Waals surface area contributed by atoms with E-state index in [-0.39, 0.29) is 19.1 Å². The summed E-state index contributed by atoms with van der Waals surface area (Å²) in [5, 5.41) is 0.307. The standard InChI is InChI=1S/C12H11Cl3O3/c13-8-1-2-10(14)7(3-8)4-11(15)12(16)18-6-9-5-17-9/h1-3,9,11H,4-6H2. The van der Waals surface area contributed by atoms with Crippen molar-refractivity contribution in [2.45, 2.75) is 17.9 Å². The zero-order chi connectivity index (χ0) is 13.1. The van der Waals surface area contributed by atoms with E-state index in [2.05, 4.69) is 0 Å². The summed E-state index contributed by atoms with van der Waals surface area (Å²) in [5.74, 6) is -0.469. The van der Waals surface area contributed by atoms with Gasteiger partial charge >= 0.3 is 5.97 Å². The van der Waals surface area contributed by atoms with E-state index in [1.54, 1.807) is 18.2 Å². The molecule has 6 heteroatoms. The number of epoxide rings is 1. The van der Waals surface area contributed by atoms with Crippen LogP contribution in [0.1, 0.15) is 5.56 Å². The van der Waals surface area contributed by atoms with Crippen molar-refractivity contribution >= 4 is 40.8 Å². The van der Waals surface area contributed by atoms with Crippen LogP contribution in [-0.4, -0.2) is 30.7 Å². The minimum atomic E-state index is -0.778. The Hall–Kier alpha value is -0.480. The topological polar surface area (TPSA) is 38.8 Å². The van der Waals surface area contributed by atoms with E-state index in [4.69, 9.17) is 44.3 Å². The van der Waals surface area contributed by atoms with Crippen LogP contribution in [0.5, 0.6) is 0 Å². The van der Waals surface area contributed by atoms with Gasteiger partial charge in [-0.2, -0.15) is 0 Å². The predicted octanol–water partition coefficient (Wildman–Crippen LogP) is 3.09. The van der Waals surface area contributed by atoms with Crippen molar-refractivity contribution in [3.05, 3.63) is 33.8 Å². The van der Waals surface area contributed by atoms with E-state index < -0.39 is 11.3 Å². The molecule has 1 fully saturated rings. The van der Waals surface area contributed by atoms with Crippen LogP contribution in [0.2, 0.25) is 10.0 Å². The summed E-state index contributed by atoms with van der Waals surface area (Å²) in [4.78, 5) is 11.6. The van der Waals surface area contributed by atoms with Gasteiger partial charge in [-0.25, -0.2) is 0 Å². The first kappa shape index (κ1) is 13.9. The van der Waals surface area contributed by atoms with Crippen LogP contribution in [0.4, 0.5) is 0 Å². The van der Waals surface area contributed by atoms with Gasteiger partial charge in [0.15, 0.2) is 0 Å². The molecule has 1 aromatic rings. The van der Waals surface area contributed by atoms with Crippen molar-refractivity contribution in [3.63, 3.8) is 0 Å². The number of alkyl halides is 1. The Morgan fingerprint density at radius 1 is 1.50 bits per heavy atom. The van der Waals surface area contributed by atoms with Crippen LogP contribution in [0.25, 0.3) is 0 Å². The quantitative estimate of drug-likeness (QED) is 0.477. The fraction of sp³-hybridized carbons (Fsp3) is 0.417. The molecule has 1 aliphatic heterocycles. The molecule has 2 unspecified atom stereocenters. The molecule has 1 aromatic carbocycles. The Balaban J connectivity index is 1.90. The maximum Gasteiger partial charge on any atom is 0.324 e. The average Bonchev–Trinajstić information content (AvgIpc) is 3.14. The summed E-state index contributed by atoms with van der Waals surface area (Å²) >= 11 is 17.8. The summed E-state index contributed by atoms with van der Waals surface area (Å²) in [7, 11) is 0. The van der Waals surface area contributed by atoms with Crippen LogP contribution in [0.15, 0.2) is 18.2 Å². The van der Waals surface area contributed by atoms with E-state index >= 15 is 0 Å². The van der Waals surface area contributed by atoms with E-state index in [1.807, 2.05) is 0 Å². The van der Waals surface area contributed by atoms with E-state index in [1.165, 1.54) is 0 Å². The largest absolute Gasteiger partial charge is 0.462 e. The van der Waals surface area contributed by atoms with Gasteiger partial charge in [0.1, 0.15) is 18.1 Å². The molecule has 2 rings (SSSR count). The molecule has 0 aromatic heterocycles. The van der Waals surface area contributed by atoms with Gasteiger partial charge in [-0.3, -0.25) is 4.79 Å². The molecule has 1 saturated heterocycles. The van der Waals surface area contributed by atoms with Gasteiger partial charge in [0.2, 0.25) is 0 Å². The first-order chi connectivity index (χ1) is 8.56. The number of ether oxygens (including phenoxy) is 2. The molecule has 0 radical (unpaired) electrons. The highest BCUT2D eigenvalue weighted by Crippen LogP contribution is 2.23. The van der Waals surface area contributed by atoms with E-state index in [0.717, 1.165) is 5.56 Å². The van der Waals surface area contributed by atoms with E-state index in [0.29, 0.717) is 16.7 Å². The molecule has 0 amide bonds. The molecule has 3 nitrogen and oxygen atoms in total. The minimum absolute atomic E-state index is 0.0348. The van der Waals surface area contributed by atoms with Crippen LogP contribution >= 0.6 is 34.8 Å². The molecule has 0 aliphatic carbocycles. The summed E-state index contributed by atoms with van der Waals surface area (Å²) < 4.78 is 9.93. The van der Waals surface area contributed by atoms with E-state index in [9.17, 15) is 4.79 Å². The Kier molecular flexibility index (Phi) is 4.73. The minimum Gasteiger partial charge on any atom is -0.462 e. The molecular formula is C12H11Cl3O3. The van der Waals surface area contributed by atoms with Crippen molar-refractivity contribution < 1.29 is 14.3 Å². The van der Waals surface area contributed by atoms with Gasteiger partial charge in [0, 0.05) is 16.5 Å². The normalized spacial score (nSPS) is 19.4. The summed E-state index contributed by atoms with van der Waals surface area (Å²) in [6.07, 6.45) is 0.318. The zero-order valence-corrected chi connectivity index (χ0v) is 11.6. The van der Waals surface area contributed by atoms with Crippen LogP contribution < -0.4 is 0 Å². The van der Waals surface area contributed by atoms with Crippen molar-refractivity contribution in [3.8, 4) is 0 Å². The number of esters is 1. The summed E-state index contributed by atoms with van der Waals surface area (Å²) in [5.41, 5.74) is 0.726. The molecule has 0 spiro atoms. The fourth-order valence-corrected chi connectivity index (χ4v) is 2.02. The number of benzene rings is 1. The lowest BCUT2D eigenvalue weighted by atomic mass is 10.1. The van der Waals surface area contributed by atoms with Gasteiger partial charge in [-0.15, -0.1) is 11.6 Å². The Morgan fingerprint density at radius 3 is 2.89 bits per heavy atom. The molecule has 2 atom stereocenters. The highest BCUT2D eigenvalue weighted by atomic mass is 35.5. The number of carbonyl (C=O) groups is 1. The molecule has 18 heavy (non-hydrogen) atoms. The lowest BCUT2D eigenvalue weighted by Gasteiger charge is -2.10. The van der Waals surface area contributed by atoms with Crippen molar-refractivity contribution in [1.29, 1.82) is 0 Å². The second-order valence-electron chi connectivity index (χ2n) is 3.99. The molecule has 1 aliphatic rings. The number of hydrogen-bond donors (Lipinski definition) is 0. The highest BCUT2D eigenvalue weighted by molar-refractivity contribution is 6.34. The van der Waals surface area contributed by atoms with Gasteiger partial charge in [0.25, 0.3) is 0 Å². The Labute approximate surface area is 120 Å². The Morgan fingerprint density at radius 2 is 2.22 bits per heavy atom. The van der Waals surface area contributed by atoms with Crippen LogP contribution in [0.3, 0.4) is 0 Å². The van der Waals surface area contributed by atoms with Gasteiger partial charge in [0.05, 0.1) is 6.61 Å². The third-order valence-corrected chi connectivity index (χ3v) is 3.41. The lowest BCUT2D eigenvalue weighted by molar-refractivity contribution is -0.143. The number of hydrogen-bond acceptors (Lipinski definition) is 3.